The molecule has 3 aromatic heterocycles. The third-order valence-electron chi connectivity index (χ3n) is 11.8. The molecule has 1 aliphatic carbocycles. The summed E-state index contributed by atoms with van der Waals surface area (Å²) in [6.45, 7) is 3.23. The van der Waals surface area contributed by atoms with Crippen LogP contribution in [0.15, 0.2) is 61.2 Å². The molecule has 1 saturated carbocycles. The zero-order chi connectivity index (χ0) is 38.1. The highest BCUT2D eigenvalue weighted by Crippen LogP contribution is 2.38. The molecule has 1 atom stereocenters. The number of piperidine rings is 2. The molecule has 10 rings (SSSR count). The summed E-state index contributed by atoms with van der Waals surface area (Å²) in [5.41, 5.74) is 3.05. The Morgan fingerprint density at radius 2 is 1.89 bits per heavy atom. The maximum Gasteiger partial charge on any atom is 0.261 e. The number of benzene rings is 2. The quantitative estimate of drug-likeness (QED) is 0.201. The van der Waals surface area contributed by atoms with E-state index in [1.165, 1.54) is 11.1 Å². The topological polar surface area (TPSA) is 159 Å². The van der Waals surface area contributed by atoms with Crippen LogP contribution >= 0.6 is 0 Å². The SMILES string of the molecule is O=C1CCC(N2Cc3cc(N4CC(F)(CN5CCC(n6cc7cc(NC(=O)c8cnn9cccnc89)c(OCC8CC8)cc7n6)CC5)C4)ccc3C2=O)C(=O)N1. The Labute approximate surface area is 320 Å². The van der Waals surface area contributed by atoms with Gasteiger partial charge < -0.3 is 19.9 Å². The Morgan fingerprint density at radius 3 is 2.70 bits per heavy atom. The molecule has 0 radical (unpaired) electrons. The summed E-state index contributed by atoms with van der Waals surface area (Å²) >= 11 is 0. The predicted molar refractivity (Wildman–Crippen MR) is 202 cm³/mol. The Morgan fingerprint density at radius 1 is 1.05 bits per heavy atom. The molecule has 7 heterocycles. The number of ether oxygens (including phenoxy) is 1. The van der Waals surface area contributed by atoms with Crippen molar-refractivity contribution >= 4 is 51.6 Å². The summed E-state index contributed by atoms with van der Waals surface area (Å²) in [6.07, 6.45) is 11.3. The second-order valence-electron chi connectivity index (χ2n) is 15.9. The van der Waals surface area contributed by atoms with Crippen LogP contribution in [0.4, 0.5) is 15.8 Å². The molecule has 288 valence electrons. The second kappa shape index (κ2) is 13.4. The van der Waals surface area contributed by atoms with Crippen molar-refractivity contribution in [3.05, 3.63) is 77.9 Å². The van der Waals surface area contributed by atoms with Gasteiger partial charge in [-0.1, -0.05) is 0 Å². The minimum Gasteiger partial charge on any atom is -0.491 e. The molecule has 4 aliphatic heterocycles. The van der Waals surface area contributed by atoms with Crippen molar-refractivity contribution in [2.24, 2.45) is 5.92 Å². The van der Waals surface area contributed by atoms with Crippen molar-refractivity contribution in [1.82, 2.24) is 39.5 Å². The Hall–Kier alpha value is -5.90. The van der Waals surface area contributed by atoms with Gasteiger partial charge in [-0.15, -0.1) is 0 Å². The molecule has 0 spiro atoms. The normalized spacial score (nSPS) is 21.4. The van der Waals surface area contributed by atoms with Crippen LogP contribution in [0, 0.1) is 5.92 Å². The summed E-state index contributed by atoms with van der Waals surface area (Å²) in [5.74, 6) is -0.190. The number of halogens is 1. The van der Waals surface area contributed by atoms with Gasteiger partial charge in [0.1, 0.15) is 17.4 Å². The number of nitrogens with one attached hydrogen (secondary N) is 2. The van der Waals surface area contributed by atoms with Crippen molar-refractivity contribution in [2.45, 2.75) is 62.8 Å². The predicted octanol–water partition coefficient (Wildman–Crippen LogP) is 3.75. The first kappa shape index (κ1) is 34.6. The number of imide groups is 1. The molecule has 5 aliphatic rings. The average molecular weight is 761 g/mol. The summed E-state index contributed by atoms with van der Waals surface area (Å²) in [6, 6.07) is 10.6. The van der Waals surface area contributed by atoms with E-state index in [0.717, 1.165) is 60.9 Å². The van der Waals surface area contributed by atoms with Crippen molar-refractivity contribution in [3.63, 3.8) is 0 Å². The molecule has 4 fully saturated rings. The number of hydrogen-bond acceptors (Lipinski definition) is 10. The van der Waals surface area contributed by atoms with E-state index in [1.54, 1.807) is 29.0 Å². The average Bonchev–Trinajstić information content (AvgIpc) is 3.61. The summed E-state index contributed by atoms with van der Waals surface area (Å²) in [4.78, 5) is 60.6. The Balaban J connectivity index is 0.763. The number of likely N-dealkylation sites (tertiary alicyclic amines) is 1. The maximum absolute atomic E-state index is 16.1. The zero-order valence-corrected chi connectivity index (χ0v) is 30.7. The molecule has 4 amide bonds. The van der Waals surface area contributed by atoms with Crippen LogP contribution < -0.4 is 20.3 Å². The van der Waals surface area contributed by atoms with Crippen molar-refractivity contribution in [1.29, 1.82) is 0 Å². The van der Waals surface area contributed by atoms with Gasteiger partial charge >= 0.3 is 0 Å². The molecule has 2 aromatic carbocycles. The minimum atomic E-state index is -1.35. The van der Waals surface area contributed by atoms with Crippen LogP contribution in [0.25, 0.3) is 16.6 Å². The van der Waals surface area contributed by atoms with Crippen molar-refractivity contribution in [2.75, 3.05) is 49.5 Å². The summed E-state index contributed by atoms with van der Waals surface area (Å²) < 4.78 is 25.8. The second-order valence-corrected chi connectivity index (χ2v) is 15.9. The zero-order valence-electron chi connectivity index (χ0n) is 30.7. The highest BCUT2D eigenvalue weighted by molar-refractivity contribution is 6.09. The lowest BCUT2D eigenvalue weighted by atomic mass is 9.92. The number of anilines is 2. The highest BCUT2D eigenvalue weighted by Gasteiger charge is 2.46. The van der Waals surface area contributed by atoms with Gasteiger partial charge in [-0.05, 0) is 73.9 Å². The van der Waals surface area contributed by atoms with Crippen LogP contribution in [0.2, 0.25) is 0 Å². The highest BCUT2D eigenvalue weighted by atomic mass is 19.1. The molecule has 3 saturated heterocycles. The molecule has 15 nitrogen and oxygen atoms in total. The van der Waals surface area contributed by atoms with E-state index >= 15 is 4.39 Å². The van der Waals surface area contributed by atoms with Gasteiger partial charge in [0.05, 0.1) is 43.1 Å². The smallest absolute Gasteiger partial charge is 0.261 e. The first-order chi connectivity index (χ1) is 27.2. The fourth-order valence-electron chi connectivity index (χ4n) is 8.57. The number of nitrogens with zero attached hydrogens (tertiary/aromatic N) is 8. The molecule has 56 heavy (non-hydrogen) atoms. The van der Waals surface area contributed by atoms with Crippen molar-refractivity contribution in [3.8, 4) is 5.75 Å². The minimum absolute atomic E-state index is 0.152. The first-order valence-corrected chi connectivity index (χ1v) is 19.4. The van der Waals surface area contributed by atoms with E-state index in [1.807, 2.05) is 40.0 Å². The number of carbonyl (C=O) groups is 4. The van der Waals surface area contributed by atoms with Gasteiger partial charge in [0.15, 0.2) is 11.3 Å². The fourth-order valence-corrected chi connectivity index (χ4v) is 8.57. The Bertz CT molecular complexity index is 2410. The standard InChI is InChI=1S/C40H41FN10O5/c41-40(22-48(23-40)28-4-5-29-25(14-28)18-49(39(29)55)33-6-7-35(52)45-38(33)54)21-47-12-8-27(9-13-47)51-19-26-15-32(34(16-31(26)46-51)56-20-24-2-3-24)44-37(53)30-17-43-50-11-1-10-42-36(30)50/h1,4-5,10-11,14-17,19,24,27,33H,2-3,6-9,12-13,18,20-23H2,(H,44,53)(H,45,52,54). The van der Waals surface area contributed by atoms with E-state index in [4.69, 9.17) is 9.84 Å². The lowest BCUT2D eigenvalue weighted by Gasteiger charge is -2.48. The van der Waals surface area contributed by atoms with Crippen LogP contribution in [-0.2, 0) is 16.1 Å². The number of hydrogen-bond donors (Lipinski definition) is 2. The molecule has 1 unspecified atom stereocenters. The summed E-state index contributed by atoms with van der Waals surface area (Å²) in [7, 11) is 0. The van der Waals surface area contributed by atoms with Crippen LogP contribution in [0.1, 0.15) is 70.8 Å². The lowest BCUT2D eigenvalue weighted by molar-refractivity contribution is -0.136. The van der Waals surface area contributed by atoms with Crippen LogP contribution in [0.5, 0.6) is 5.75 Å². The number of rotatable bonds is 10. The largest absolute Gasteiger partial charge is 0.491 e. The van der Waals surface area contributed by atoms with E-state index in [9.17, 15) is 19.2 Å². The third kappa shape index (κ3) is 6.40. The third-order valence-corrected chi connectivity index (χ3v) is 11.8. The van der Waals surface area contributed by atoms with Gasteiger partial charge in [-0.25, -0.2) is 13.9 Å². The van der Waals surface area contributed by atoms with Gasteiger partial charge in [-0.2, -0.15) is 10.2 Å². The van der Waals surface area contributed by atoms with E-state index in [2.05, 4.69) is 25.6 Å². The van der Waals surface area contributed by atoms with Gasteiger partial charge in [0, 0.05) is 73.9 Å². The number of fused-ring (bicyclic) bond motifs is 3. The maximum atomic E-state index is 16.1. The van der Waals surface area contributed by atoms with Crippen LogP contribution in [0.3, 0.4) is 0 Å². The summed E-state index contributed by atoms with van der Waals surface area (Å²) in [5, 5.41) is 15.4. The van der Waals surface area contributed by atoms with Crippen molar-refractivity contribution < 1.29 is 28.3 Å². The molecule has 2 N–H and O–H groups in total. The molecule has 16 heteroatoms. The molecule has 5 aromatic rings. The molecular formula is C40H41FN10O5. The Kier molecular flexibility index (Phi) is 8.27. The van der Waals surface area contributed by atoms with E-state index in [0.29, 0.717) is 60.2 Å². The van der Waals surface area contributed by atoms with Crippen LogP contribution in [-0.4, -0.2) is 109 Å². The number of amides is 4. The number of alkyl halides is 1. The van der Waals surface area contributed by atoms with Gasteiger partial charge in [-0.3, -0.25) is 34.1 Å². The monoisotopic (exact) mass is 760 g/mol. The first-order valence-electron chi connectivity index (χ1n) is 19.4. The van der Waals surface area contributed by atoms with E-state index < -0.39 is 17.6 Å². The number of carbonyl (C=O) groups excluding carboxylic acids is 4. The van der Waals surface area contributed by atoms with E-state index in [-0.39, 0.29) is 43.3 Å². The molecular weight excluding hydrogens is 720 g/mol. The van der Waals surface area contributed by atoms with Gasteiger partial charge in [0.2, 0.25) is 11.8 Å². The molecule has 0 bridgehead atoms. The number of aromatic nitrogens is 5. The van der Waals surface area contributed by atoms with Gasteiger partial charge in [0.25, 0.3) is 11.8 Å². The fraction of sp³-hybridized carbons (Fsp3) is 0.425. The lowest BCUT2D eigenvalue weighted by Crippen LogP contribution is -2.64.